The third-order valence-corrected chi connectivity index (χ3v) is 23.0. The summed E-state index contributed by atoms with van der Waals surface area (Å²) in [6.45, 7) is 35.1. The molecule has 1 aromatic heterocycles. The third kappa shape index (κ3) is 10.4. The van der Waals surface area contributed by atoms with Crippen molar-refractivity contribution < 1.29 is 0 Å². The number of anilines is 6. The number of hydrogen-bond donors (Lipinski definition) is 0. The van der Waals surface area contributed by atoms with E-state index in [9.17, 15) is 0 Å². The number of nitrogens with zero attached hydrogens (tertiary/aromatic N) is 3. The van der Waals surface area contributed by atoms with Crippen molar-refractivity contribution in [3.63, 3.8) is 0 Å². The molecule has 104 heavy (non-hydrogen) atoms. The summed E-state index contributed by atoms with van der Waals surface area (Å²) in [7, 11) is 0. The number of benzene rings is 15. The largest absolute Gasteiger partial charge is 0.310 e. The second-order valence-electron chi connectivity index (χ2n) is 35.0. The number of hydrogen-bond acceptors (Lipinski definition) is 2. The highest BCUT2D eigenvalue weighted by Gasteiger charge is 2.46. The van der Waals surface area contributed by atoms with Crippen molar-refractivity contribution >= 4 is 111 Å². The van der Waals surface area contributed by atoms with E-state index in [0.29, 0.717) is 0 Å². The van der Waals surface area contributed by atoms with Crippen LogP contribution < -0.4 is 26.2 Å². The van der Waals surface area contributed by atoms with Crippen LogP contribution >= 0.6 is 0 Å². The molecule has 3 heterocycles. The summed E-state index contributed by atoms with van der Waals surface area (Å²) < 4.78 is 2.60. The van der Waals surface area contributed by atoms with E-state index in [0.717, 1.165) is 22.7 Å². The maximum Gasteiger partial charge on any atom is 0.252 e. The van der Waals surface area contributed by atoms with Crippen molar-refractivity contribution in [2.24, 2.45) is 0 Å². The molecule has 0 unspecified atom stereocenters. The molecule has 0 amide bonds. The first kappa shape index (κ1) is 65.1. The van der Waals surface area contributed by atoms with Crippen LogP contribution in [0, 0.1) is 0 Å². The Morgan fingerprint density at radius 2 is 0.615 bits per heavy atom. The molecule has 3 nitrogen and oxygen atoms in total. The Kier molecular flexibility index (Phi) is 14.6. The van der Waals surface area contributed by atoms with Gasteiger partial charge in [-0.3, -0.25) is 0 Å². The molecule has 0 atom stereocenters. The van der Waals surface area contributed by atoms with Crippen LogP contribution in [0.1, 0.15) is 132 Å². The molecule has 4 heteroatoms. The molecular formula is C100H90BN3. The Morgan fingerprint density at radius 3 is 1.02 bits per heavy atom. The summed E-state index contributed by atoms with van der Waals surface area (Å²) in [6.07, 6.45) is 0. The fourth-order valence-electron chi connectivity index (χ4n) is 17.4. The van der Waals surface area contributed by atoms with Crippen molar-refractivity contribution in [3.05, 3.63) is 301 Å². The molecule has 0 saturated heterocycles. The lowest BCUT2D eigenvalue weighted by Crippen LogP contribution is -2.61. The third-order valence-electron chi connectivity index (χ3n) is 23.0. The Labute approximate surface area is 614 Å². The average molecular weight is 1340 g/mol. The first-order valence-corrected chi connectivity index (χ1v) is 37.5. The molecule has 0 spiro atoms. The van der Waals surface area contributed by atoms with E-state index in [4.69, 9.17) is 0 Å². The fraction of sp³-hybridized carbons (Fsp3) is 0.200. The molecule has 2 aliphatic rings. The molecule has 0 aliphatic carbocycles. The lowest BCUT2D eigenvalue weighted by Gasteiger charge is -2.46. The Balaban J connectivity index is 1.02. The molecule has 2 aliphatic heterocycles. The Bertz CT molecular complexity index is 5890. The summed E-state index contributed by atoms with van der Waals surface area (Å²) in [5, 5.41) is 10.4. The topological polar surface area (TPSA) is 11.4 Å². The van der Waals surface area contributed by atoms with Crippen LogP contribution in [0.25, 0.3) is 115 Å². The smallest absolute Gasteiger partial charge is 0.252 e. The minimum atomic E-state index is -0.319. The van der Waals surface area contributed by atoms with Gasteiger partial charge in [0.05, 0.1) is 22.4 Å². The van der Waals surface area contributed by atoms with Gasteiger partial charge >= 0.3 is 0 Å². The van der Waals surface area contributed by atoms with Crippen LogP contribution in [-0.2, 0) is 27.1 Å². The van der Waals surface area contributed by atoms with Crippen LogP contribution in [0.15, 0.2) is 273 Å². The Hall–Kier alpha value is -10.9. The first-order chi connectivity index (χ1) is 49.8. The molecule has 0 radical (unpaired) electrons. The zero-order valence-electron chi connectivity index (χ0n) is 62.9. The Morgan fingerprint density at radius 1 is 0.250 bits per heavy atom. The van der Waals surface area contributed by atoms with Gasteiger partial charge in [0, 0.05) is 61.5 Å². The van der Waals surface area contributed by atoms with Gasteiger partial charge in [0.2, 0.25) is 0 Å². The van der Waals surface area contributed by atoms with Crippen molar-refractivity contribution in [1.29, 1.82) is 0 Å². The predicted molar refractivity (Wildman–Crippen MR) is 450 cm³/mol. The van der Waals surface area contributed by atoms with Crippen LogP contribution in [0.2, 0.25) is 0 Å². The van der Waals surface area contributed by atoms with Crippen molar-refractivity contribution in [2.45, 2.75) is 131 Å². The van der Waals surface area contributed by atoms with Crippen molar-refractivity contribution in [3.8, 4) is 61.3 Å². The van der Waals surface area contributed by atoms with Gasteiger partial charge in [-0.15, -0.1) is 0 Å². The standard InChI is InChI=1S/C100H90BN3/c1-96(2,3)69-35-19-31-65(53-69)75-39-25-40-76(66-32-20-36-70(54-66)97(4,5)6)94(75)103-85-57-64(61-27-17-16-18-28-61)45-49-81(85)101-82-50-48-74(102-83-51-46-62-29-23-43-79-80-44-24-30-63-47-52-84(102)92(90(63)80)91(83)89(62)79)60-86(82)104(88-59-73(100(13,14)15)58-87(103)93(88)101)95-77(67-33-21-37-71(55-67)98(7,8)9)41-26-42-78(95)68-34-22-38-72(56-68)99(10,11)12/h16-60H,1-15H3. The predicted octanol–water partition coefficient (Wildman–Crippen LogP) is 26.0. The SMILES string of the molecule is CC(C)(C)c1cccc(-c2cccc(-c3cccc(C(C)(C)C)c3)c2N2c3cc(-c4ccccc4)ccc3B3c4ccc(-n5c6ccc7cccc8c9cccc%10ccc5c(c%109)c6c78)cc4N(c4c(-c5cccc(C(C)(C)C)c5)cccc4-c4cccc(C(C)(C)C)c4)c4cc(C(C)(C)C)cc2c43)c1. The molecule has 0 saturated carbocycles. The normalized spacial score (nSPS) is 13.5. The van der Waals surface area contributed by atoms with Crippen LogP contribution in [-0.4, -0.2) is 11.3 Å². The number of para-hydroxylation sites is 2. The molecule has 0 N–H and O–H groups in total. The lowest BCUT2D eigenvalue weighted by molar-refractivity contribution is 0.590. The van der Waals surface area contributed by atoms with E-state index in [-0.39, 0.29) is 33.8 Å². The van der Waals surface area contributed by atoms with Crippen molar-refractivity contribution in [1.82, 2.24) is 4.57 Å². The minimum absolute atomic E-state index is 0.0926. The van der Waals surface area contributed by atoms with Crippen LogP contribution in [0.4, 0.5) is 34.1 Å². The van der Waals surface area contributed by atoms with E-state index < -0.39 is 0 Å². The average Bonchev–Trinajstić information content (AvgIpc) is 1.03. The van der Waals surface area contributed by atoms with E-state index in [2.05, 4.69) is 391 Å². The van der Waals surface area contributed by atoms with Gasteiger partial charge in [-0.05, 0) is 179 Å². The molecule has 0 bridgehead atoms. The van der Waals surface area contributed by atoms with Gasteiger partial charge in [0.25, 0.3) is 6.71 Å². The highest BCUT2D eigenvalue weighted by molar-refractivity contribution is 7.00. The molecule has 15 aromatic carbocycles. The number of aromatic nitrogens is 1. The summed E-state index contributed by atoms with van der Waals surface area (Å²) in [5.41, 5.74) is 31.8. The molecule has 16 aromatic rings. The highest BCUT2D eigenvalue weighted by atomic mass is 15.2. The molecule has 508 valence electrons. The molecule has 18 rings (SSSR count). The zero-order valence-corrected chi connectivity index (χ0v) is 62.9. The number of rotatable bonds is 8. The van der Waals surface area contributed by atoms with Gasteiger partial charge in [-0.25, -0.2) is 0 Å². The summed E-state index contributed by atoms with van der Waals surface area (Å²) in [4.78, 5) is 5.51. The van der Waals surface area contributed by atoms with Crippen molar-refractivity contribution in [2.75, 3.05) is 9.80 Å². The van der Waals surface area contributed by atoms with E-state index in [1.165, 1.54) is 171 Å². The lowest BCUT2D eigenvalue weighted by atomic mass is 9.33. The van der Waals surface area contributed by atoms with E-state index in [1.807, 2.05) is 0 Å². The maximum absolute atomic E-state index is 2.77. The van der Waals surface area contributed by atoms with Gasteiger partial charge in [0.15, 0.2) is 0 Å². The van der Waals surface area contributed by atoms with Gasteiger partial charge in [-0.1, -0.05) is 334 Å². The van der Waals surface area contributed by atoms with Crippen LogP contribution in [0.3, 0.4) is 0 Å². The quantitative estimate of drug-likeness (QED) is 0.0853. The summed E-state index contributed by atoms with van der Waals surface area (Å²) >= 11 is 0. The van der Waals surface area contributed by atoms with Gasteiger partial charge in [0.1, 0.15) is 0 Å². The fourth-order valence-corrected chi connectivity index (χ4v) is 17.4. The number of fused-ring (bicyclic) bond motifs is 5. The van der Waals surface area contributed by atoms with E-state index >= 15 is 0 Å². The summed E-state index contributed by atoms with van der Waals surface area (Å²) in [6, 6.07) is 106. The van der Waals surface area contributed by atoms with Gasteiger partial charge < -0.3 is 14.4 Å². The first-order valence-electron chi connectivity index (χ1n) is 37.5. The second kappa shape index (κ2) is 23.3. The summed E-state index contributed by atoms with van der Waals surface area (Å²) in [5.74, 6) is 0. The van der Waals surface area contributed by atoms with Gasteiger partial charge in [-0.2, -0.15) is 0 Å². The molecular weight excluding hydrogens is 1250 g/mol. The molecule has 0 fully saturated rings. The zero-order chi connectivity index (χ0) is 71.8. The van der Waals surface area contributed by atoms with E-state index in [1.54, 1.807) is 0 Å². The maximum atomic E-state index is 2.77. The van der Waals surface area contributed by atoms with Crippen LogP contribution in [0.5, 0.6) is 0 Å². The minimum Gasteiger partial charge on any atom is -0.310 e. The highest BCUT2D eigenvalue weighted by Crippen LogP contribution is 2.56. The second-order valence-corrected chi connectivity index (χ2v) is 35.0. The monoisotopic (exact) mass is 1340 g/mol.